The Bertz CT molecular complexity index is 2950. The zero-order chi connectivity index (χ0) is 43.1. The summed E-state index contributed by atoms with van der Waals surface area (Å²) in [7, 11) is -7.99. The first-order chi connectivity index (χ1) is 29.4. The molecule has 0 unspecified atom stereocenters. The van der Waals surface area contributed by atoms with Gasteiger partial charge in [0.15, 0.2) is 0 Å². The molecular weight excluding hydrogens is 891 g/mol. The minimum atomic E-state index is -4.97. The van der Waals surface area contributed by atoms with E-state index in [0.717, 1.165) is 40.5 Å². The topological polar surface area (TPSA) is 188 Å². The average molecular weight is 940 g/mol. The summed E-state index contributed by atoms with van der Waals surface area (Å²) in [4.78, 5) is -1.39. The number of ether oxygens (including phenoxy) is 4. The first kappa shape index (κ1) is 52.7. The van der Waals surface area contributed by atoms with Crippen molar-refractivity contribution in [2.24, 2.45) is 0 Å². The van der Waals surface area contributed by atoms with Gasteiger partial charge in [0.25, 0.3) is 10.1 Å². The normalized spacial score (nSPS) is 10.7. The number of aryl methyl sites for hydroxylation is 1. The van der Waals surface area contributed by atoms with E-state index < -0.39 is 29.7 Å². The Balaban J connectivity index is 0.00000281. The number of hydrogen-bond donors (Lipinski definition) is 2. The largest absolute Gasteiger partial charge is 0.495 e. The Kier molecular flexibility index (Phi) is 18.5. The number of sulfone groups is 1. The van der Waals surface area contributed by atoms with Crippen LogP contribution in [0.2, 0.25) is 0 Å². The molecular formula is C49H49NO12S3. The molecule has 7 rings (SSSR count). The molecule has 7 aromatic rings. The van der Waals surface area contributed by atoms with Crippen LogP contribution in [0.3, 0.4) is 0 Å². The van der Waals surface area contributed by atoms with Crippen LogP contribution in [0.4, 0.5) is 0 Å². The lowest BCUT2D eigenvalue weighted by Gasteiger charge is -2.14. The van der Waals surface area contributed by atoms with Gasteiger partial charge in [-0.05, 0) is 114 Å². The quantitative estimate of drug-likeness (QED) is 0.0427. The average Bonchev–Trinajstić information content (AvgIpc) is 3.26. The number of methoxy groups -OCH3 is 1. The second kappa shape index (κ2) is 22.8. The third-order valence-electron chi connectivity index (χ3n) is 9.17. The van der Waals surface area contributed by atoms with Crippen LogP contribution in [-0.4, -0.2) is 33.8 Å². The van der Waals surface area contributed by atoms with Crippen molar-refractivity contribution < 1.29 is 55.0 Å². The van der Waals surface area contributed by atoms with Crippen LogP contribution in [0.15, 0.2) is 171 Å². The fourth-order valence-corrected chi connectivity index (χ4v) is 8.70. The maximum Gasteiger partial charge on any atom is 0.298 e. The van der Waals surface area contributed by atoms with Gasteiger partial charge in [-0.25, -0.2) is 13.7 Å². The zero-order valence-electron chi connectivity index (χ0n) is 32.1. The molecule has 0 bridgehead atoms. The van der Waals surface area contributed by atoms with Crippen molar-refractivity contribution in [3.8, 4) is 68.6 Å². The second-order valence-electron chi connectivity index (χ2n) is 13.1. The van der Waals surface area contributed by atoms with Crippen molar-refractivity contribution >= 4 is 32.0 Å². The number of benzene rings is 7. The molecule has 0 atom stereocenters. The molecule has 0 aliphatic rings. The van der Waals surface area contributed by atoms with Gasteiger partial charge >= 0.3 is 0 Å². The molecule has 13 nitrogen and oxygen atoms in total. The molecule has 0 spiro atoms. The summed E-state index contributed by atoms with van der Waals surface area (Å²) < 4.78 is 89.6. The molecule has 65 heavy (non-hydrogen) atoms. The number of rotatable bonds is 15. The van der Waals surface area contributed by atoms with Gasteiger partial charge in [-0.3, -0.25) is 4.55 Å². The lowest BCUT2D eigenvalue weighted by Crippen LogP contribution is -2.07. The summed E-state index contributed by atoms with van der Waals surface area (Å²) in [6.07, 6.45) is 0. The Hall–Kier alpha value is -6.68. The molecule has 0 saturated carbocycles. The van der Waals surface area contributed by atoms with Crippen LogP contribution in [0.5, 0.6) is 40.2 Å². The molecule has 0 aromatic heterocycles. The van der Waals surface area contributed by atoms with Crippen LogP contribution in [0.1, 0.15) is 40.8 Å². The van der Waals surface area contributed by atoms with Crippen molar-refractivity contribution in [1.82, 2.24) is 0 Å². The van der Waals surface area contributed by atoms with Gasteiger partial charge in [0.2, 0.25) is 9.84 Å². The molecule has 0 fully saturated rings. The van der Waals surface area contributed by atoms with Crippen molar-refractivity contribution in [1.29, 1.82) is 5.26 Å². The molecule has 2 N–H and O–H groups in total. The van der Waals surface area contributed by atoms with Crippen LogP contribution < -0.4 is 18.9 Å². The summed E-state index contributed by atoms with van der Waals surface area (Å²) in [6, 6.07) is 43.7. The fourth-order valence-electron chi connectivity index (χ4n) is 6.08. The maximum atomic E-state index is 13.5. The van der Waals surface area contributed by atoms with E-state index in [4.69, 9.17) is 24.2 Å². The Labute approximate surface area is 385 Å². The maximum absolute atomic E-state index is 13.5. The summed E-state index contributed by atoms with van der Waals surface area (Å²) >= 11 is 0.473. The Morgan fingerprint density at radius 3 is 1.38 bits per heavy atom. The molecule has 7 aromatic carbocycles. The number of nitrogens with zero attached hydrogens (tertiary/aromatic N) is 1. The smallest absolute Gasteiger partial charge is 0.298 e. The monoisotopic (exact) mass is 939 g/mol. The molecule has 0 radical (unpaired) electrons. The highest BCUT2D eigenvalue weighted by molar-refractivity contribution is 7.94. The summed E-state index contributed by atoms with van der Waals surface area (Å²) in [5, 5.41) is 22.2. The Morgan fingerprint density at radius 1 is 0.554 bits per heavy atom. The van der Waals surface area contributed by atoms with Crippen LogP contribution in [-0.2, 0) is 29.3 Å². The van der Waals surface area contributed by atoms with Crippen molar-refractivity contribution in [3.63, 3.8) is 0 Å². The van der Waals surface area contributed by atoms with Crippen LogP contribution in [0.25, 0.3) is 22.3 Å². The van der Waals surface area contributed by atoms with E-state index in [1.54, 1.807) is 54.6 Å². The van der Waals surface area contributed by atoms with Crippen LogP contribution in [0, 0.1) is 18.3 Å². The van der Waals surface area contributed by atoms with E-state index >= 15 is 0 Å². The van der Waals surface area contributed by atoms with Gasteiger partial charge in [0, 0.05) is 0 Å². The molecule has 16 heteroatoms. The highest BCUT2D eigenvalue weighted by atomic mass is 32.2. The van der Waals surface area contributed by atoms with E-state index in [2.05, 4.69) is 39.7 Å². The zero-order valence-corrected chi connectivity index (χ0v) is 34.5. The third kappa shape index (κ3) is 12.3. The summed E-state index contributed by atoms with van der Waals surface area (Å²) in [5.74, 6) is 1.77. The molecule has 0 aliphatic heterocycles. The number of hydrogen-bond acceptors (Lipinski definition) is 13. The predicted octanol–water partition coefficient (Wildman–Crippen LogP) is 13.6. The minimum Gasteiger partial charge on any atom is -0.495 e. The molecule has 0 aliphatic carbocycles. The number of nitriles is 1. The molecule has 0 saturated heterocycles. The SMILES string of the molecule is C.C.C.C.COc1ccc(S(=O)(=O)c2ccc(Oc3ccc(-c4ccc(Oc5cccc(Oc6ccc(-c7ccc(C)cc7)cc6)c5C#N)cc4)cc3)c(S(=O)(=O)O)c2)cc1SOOO. The lowest BCUT2D eigenvalue weighted by atomic mass is 10.0. The van der Waals surface area contributed by atoms with Crippen molar-refractivity contribution in [2.75, 3.05) is 7.11 Å². The summed E-state index contributed by atoms with van der Waals surface area (Å²) in [6.45, 7) is 2.04. The van der Waals surface area contributed by atoms with Gasteiger partial charge < -0.3 is 18.9 Å². The van der Waals surface area contributed by atoms with E-state index in [-0.39, 0.29) is 62.3 Å². The Morgan fingerprint density at radius 2 is 0.969 bits per heavy atom. The molecule has 0 amide bonds. The second-order valence-corrected chi connectivity index (χ2v) is 17.2. The van der Waals surface area contributed by atoms with Crippen LogP contribution >= 0.6 is 12.0 Å². The minimum absolute atomic E-state index is 0. The van der Waals surface area contributed by atoms with Gasteiger partial charge in [0.05, 0.1) is 33.8 Å². The van der Waals surface area contributed by atoms with Gasteiger partial charge in [-0.2, -0.15) is 13.7 Å². The van der Waals surface area contributed by atoms with E-state index in [0.29, 0.717) is 35.0 Å². The predicted molar refractivity (Wildman–Crippen MR) is 252 cm³/mol. The highest BCUT2D eigenvalue weighted by Gasteiger charge is 2.26. The summed E-state index contributed by atoms with van der Waals surface area (Å²) in [5.41, 5.74) is 5.10. The van der Waals surface area contributed by atoms with E-state index in [1.165, 1.54) is 30.9 Å². The molecule has 0 heterocycles. The van der Waals surface area contributed by atoms with E-state index in [1.807, 2.05) is 43.3 Å². The van der Waals surface area contributed by atoms with Crippen molar-refractivity contribution in [2.45, 2.75) is 56.2 Å². The van der Waals surface area contributed by atoms with Gasteiger partial charge in [-0.1, -0.05) is 107 Å². The highest BCUT2D eigenvalue weighted by Crippen LogP contribution is 2.38. The first-order valence-corrected chi connectivity index (χ1v) is 21.7. The first-order valence-electron chi connectivity index (χ1n) is 18.0. The van der Waals surface area contributed by atoms with Gasteiger partial charge in [0.1, 0.15) is 56.8 Å². The fraction of sp³-hybridized carbons (Fsp3) is 0.122. The van der Waals surface area contributed by atoms with E-state index in [9.17, 15) is 26.7 Å². The molecule has 340 valence electrons. The lowest BCUT2D eigenvalue weighted by molar-refractivity contribution is -0.432. The van der Waals surface area contributed by atoms with Gasteiger partial charge in [-0.15, -0.1) is 4.33 Å². The standard InChI is InChI=1S/C45H33NO12S3.4CH4/c1-29-6-8-30(9-7-29)31-10-16-34(17-11-31)54-40-4-3-5-41(39(40)28-46)55-35-18-12-32(13-19-35)33-14-20-36(21-15-33)56-43-25-23-38(27-45(43)61(50,51)52)60(48,49)37-22-24-42(53-2)44(26-37)59-58-57-47;;;;/h3-27,47H,1-2H3,(H,50,51,52);4*1H4. The third-order valence-corrected chi connectivity index (χ3v) is 12.4. The van der Waals surface area contributed by atoms with Crippen molar-refractivity contribution in [3.05, 3.63) is 163 Å².